The van der Waals surface area contributed by atoms with E-state index in [0.29, 0.717) is 11.8 Å². The molecule has 3 heteroatoms. The molecular weight excluding hydrogens is 188 g/mol. The Kier molecular flexibility index (Phi) is 8.21. The van der Waals surface area contributed by atoms with Gasteiger partial charge in [-0.25, -0.2) is 0 Å². The number of carboxylic acids is 1. The Hall–Kier alpha value is -0.240. The molecule has 0 spiro atoms. The van der Waals surface area contributed by atoms with Gasteiger partial charge < -0.3 is 5.11 Å². The highest BCUT2D eigenvalue weighted by Gasteiger charge is 2.00. The van der Waals surface area contributed by atoms with E-state index in [1.165, 1.54) is 0 Å². The molecule has 1 unspecified atom stereocenters. The predicted molar refractivity (Wildman–Crippen MR) is 55.3 cm³/mol. The molecule has 0 rings (SSSR count). The van der Waals surface area contributed by atoms with Crippen molar-refractivity contribution in [3.63, 3.8) is 0 Å². The molecule has 1 atom stereocenters. The van der Waals surface area contributed by atoms with E-state index in [-0.39, 0.29) is 0 Å². The van der Waals surface area contributed by atoms with Crippen LogP contribution in [0.2, 0.25) is 0 Å². The van der Waals surface area contributed by atoms with Gasteiger partial charge in [0.2, 0.25) is 0 Å². The van der Waals surface area contributed by atoms with Gasteiger partial charge in [-0.05, 0) is 19.3 Å². The van der Waals surface area contributed by atoms with Crippen molar-refractivity contribution in [2.24, 2.45) is 0 Å². The van der Waals surface area contributed by atoms with E-state index in [1.54, 1.807) is 0 Å². The Morgan fingerprint density at radius 3 is 2.46 bits per heavy atom. The number of hydrogen-bond acceptors (Lipinski definition) is 1. The zero-order valence-electron chi connectivity index (χ0n) is 8.26. The van der Waals surface area contributed by atoms with E-state index in [9.17, 15) is 4.79 Å². The number of halogens is 1. The summed E-state index contributed by atoms with van der Waals surface area (Å²) in [4.78, 5) is 10.2. The number of rotatable bonds is 8. The fourth-order valence-corrected chi connectivity index (χ4v) is 1.35. The molecular formula is C10H19ClO2. The molecule has 0 saturated carbocycles. The van der Waals surface area contributed by atoms with Crippen molar-refractivity contribution >= 4 is 17.6 Å². The molecule has 78 valence electrons. The van der Waals surface area contributed by atoms with Crippen LogP contribution >= 0.6 is 11.6 Å². The third-order valence-corrected chi connectivity index (χ3v) is 2.63. The molecule has 0 aromatic heterocycles. The van der Waals surface area contributed by atoms with Crippen molar-refractivity contribution in [1.82, 2.24) is 0 Å². The van der Waals surface area contributed by atoms with Crippen molar-refractivity contribution in [2.75, 3.05) is 0 Å². The van der Waals surface area contributed by atoms with Crippen LogP contribution in [-0.4, -0.2) is 16.5 Å². The molecule has 0 bridgehead atoms. The summed E-state index contributed by atoms with van der Waals surface area (Å²) in [6, 6.07) is 0. The lowest BCUT2D eigenvalue weighted by molar-refractivity contribution is -0.137. The van der Waals surface area contributed by atoms with Crippen LogP contribution in [0.15, 0.2) is 0 Å². The zero-order valence-corrected chi connectivity index (χ0v) is 9.02. The molecule has 0 aromatic carbocycles. The standard InChI is InChI=1S/C10H19ClO2/c1-2-9(11)7-5-3-4-6-8-10(12)13/h9H,2-8H2,1H3,(H,12,13). The molecule has 13 heavy (non-hydrogen) atoms. The molecule has 2 nitrogen and oxygen atoms in total. The van der Waals surface area contributed by atoms with Crippen LogP contribution in [0.4, 0.5) is 0 Å². The van der Waals surface area contributed by atoms with Crippen molar-refractivity contribution in [2.45, 2.75) is 57.2 Å². The SMILES string of the molecule is CCC(Cl)CCCCCCC(=O)O. The highest BCUT2D eigenvalue weighted by atomic mass is 35.5. The van der Waals surface area contributed by atoms with Gasteiger partial charge in [0.05, 0.1) is 0 Å². The van der Waals surface area contributed by atoms with Crippen LogP contribution in [0, 0.1) is 0 Å². The second kappa shape index (κ2) is 8.36. The summed E-state index contributed by atoms with van der Waals surface area (Å²) < 4.78 is 0. The van der Waals surface area contributed by atoms with Crippen molar-refractivity contribution < 1.29 is 9.90 Å². The number of unbranched alkanes of at least 4 members (excludes halogenated alkanes) is 3. The molecule has 1 N–H and O–H groups in total. The first kappa shape index (κ1) is 12.8. The van der Waals surface area contributed by atoms with E-state index in [4.69, 9.17) is 16.7 Å². The van der Waals surface area contributed by atoms with Crippen molar-refractivity contribution in [3.05, 3.63) is 0 Å². The van der Waals surface area contributed by atoms with E-state index < -0.39 is 5.97 Å². The largest absolute Gasteiger partial charge is 0.481 e. The van der Waals surface area contributed by atoms with E-state index in [1.807, 2.05) is 0 Å². The fourth-order valence-electron chi connectivity index (χ4n) is 1.20. The minimum Gasteiger partial charge on any atom is -0.481 e. The molecule has 0 aromatic rings. The monoisotopic (exact) mass is 206 g/mol. The van der Waals surface area contributed by atoms with E-state index in [2.05, 4.69) is 6.92 Å². The molecule has 0 aliphatic carbocycles. The lowest BCUT2D eigenvalue weighted by atomic mass is 10.1. The smallest absolute Gasteiger partial charge is 0.303 e. The Morgan fingerprint density at radius 1 is 1.31 bits per heavy atom. The average Bonchev–Trinajstić information content (AvgIpc) is 2.10. The summed E-state index contributed by atoms with van der Waals surface area (Å²) in [6.45, 7) is 2.09. The average molecular weight is 207 g/mol. The first-order chi connectivity index (χ1) is 6.16. The van der Waals surface area contributed by atoms with Crippen LogP contribution in [0.3, 0.4) is 0 Å². The van der Waals surface area contributed by atoms with Crippen molar-refractivity contribution in [1.29, 1.82) is 0 Å². The highest BCUT2D eigenvalue weighted by molar-refractivity contribution is 6.20. The lowest BCUT2D eigenvalue weighted by Gasteiger charge is -2.04. The highest BCUT2D eigenvalue weighted by Crippen LogP contribution is 2.13. The van der Waals surface area contributed by atoms with Crippen LogP contribution in [0.1, 0.15) is 51.9 Å². The second-order valence-corrected chi connectivity index (χ2v) is 3.97. The van der Waals surface area contributed by atoms with Gasteiger partial charge in [-0.3, -0.25) is 4.79 Å². The maximum Gasteiger partial charge on any atom is 0.303 e. The summed E-state index contributed by atoms with van der Waals surface area (Å²) in [5.74, 6) is -0.691. The van der Waals surface area contributed by atoms with Crippen LogP contribution in [0.5, 0.6) is 0 Å². The second-order valence-electron chi connectivity index (χ2n) is 3.35. The molecule has 0 amide bonds. The van der Waals surface area contributed by atoms with Gasteiger partial charge in [0.1, 0.15) is 0 Å². The molecule has 0 heterocycles. The zero-order chi connectivity index (χ0) is 10.1. The lowest BCUT2D eigenvalue weighted by Crippen LogP contribution is -1.96. The fraction of sp³-hybridized carbons (Fsp3) is 0.900. The Bertz CT molecular complexity index is 137. The summed E-state index contributed by atoms with van der Waals surface area (Å²) >= 11 is 5.93. The number of alkyl halides is 1. The number of carboxylic acid groups (broad SMARTS) is 1. The third-order valence-electron chi connectivity index (χ3n) is 2.10. The summed E-state index contributed by atoms with van der Waals surface area (Å²) in [5, 5.41) is 8.68. The van der Waals surface area contributed by atoms with Gasteiger partial charge >= 0.3 is 5.97 Å². The van der Waals surface area contributed by atoms with Gasteiger partial charge in [-0.2, -0.15) is 0 Å². The van der Waals surface area contributed by atoms with Gasteiger partial charge in [-0.15, -0.1) is 11.6 Å². The third kappa shape index (κ3) is 9.68. The number of aliphatic carboxylic acids is 1. The summed E-state index contributed by atoms with van der Waals surface area (Å²) in [6.07, 6.45) is 6.44. The number of carbonyl (C=O) groups is 1. The van der Waals surface area contributed by atoms with Gasteiger partial charge in [0.25, 0.3) is 0 Å². The maximum atomic E-state index is 10.2. The summed E-state index contributed by atoms with van der Waals surface area (Å²) in [5.41, 5.74) is 0. The van der Waals surface area contributed by atoms with Gasteiger partial charge in [0.15, 0.2) is 0 Å². The van der Waals surface area contributed by atoms with Crippen molar-refractivity contribution in [3.8, 4) is 0 Å². The molecule has 0 aliphatic heterocycles. The van der Waals surface area contributed by atoms with Crippen LogP contribution in [-0.2, 0) is 4.79 Å². The Morgan fingerprint density at radius 2 is 1.92 bits per heavy atom. The topological polar surface area (TPSA) is 37.3 Å². The van der Waals surface area contributed by atoms with Crippen LogP contribution in [0.25, 0.3) is 0 Å². The minimum absolute atomic E-state index is 0.304. The van der Waals surface area contributed by atoms with Gasteiger partial charge in [0, 0.05) is 11.8 Å². The molecule has 0 aliphatic rings. The maximum absolute atomic E-state index is 10.2. The summed E-state index contributed by atoms with van der Waals surface area (Å²) in [7, 11) is 0. The molecule has 0 fully saturated rings. The first-order valence-corrected chi connectivity index (χ1v) is 5.46. The molecule has 0 saturated heterocycles. The molecule has 0 radical (unpaired) electrons. The number of hydrogen-bond donors (Lipinski definition) is 1. The van der Waals surface area contributed by atoms with E-state index in [0.717, 1.165) is 38.5 Å². The Balaban J connectivity index is 3.04. The minimum atomic E-state index is -0.691. The quantitative estimate of drug-likeness (QED) is 0.488. The van der Waals surface area contributed by atoms with Crippen LogP contribution < -0.4 is 0 Å². The van der Waals surface area contributed by atoms with Gasteiger partial charge in [-0.1, -0.05) is 26.2 Å². The Labute approximate surface area is 85.3 Å². The normalized spacial score (nSPS) is 12.8. The first-order valence-electron chi connectivity index (χ1n) is 5.02. The predicted octanol–water partition coefficient (Wildman–Crippen LogP) is 3.43. The van der Waals surface area contributed by atoms with E-state index >= 15 is 0 Å².